The molecule has 1 fully saturated rings. The van der Waals surface area contributed by atoms with E-state index in [-0.39, 0.29) is 6.10 Å². The Morgan fingerprint density at radius 1 is 1.64 bits per heavy atom. The normalized spacial score (nSPS) is 29.4. The number of ether oxygens (including phenoxy) is 1. The maximum Gasteiger partial charge on any atom is 0.0897 e. The lowest BCUT2D eigenvalue weighted by Crippen LogP contribution is -2.38. The van der Waals surface area contributed by atoms with Gasteiger partial charge in [-0.1, -0.05) is 0 Å². The Labute approximate surface area is 90.6 Å². The number of rotatable bonds is 6. The summed E-state index contributed by atoms with van der Waals surface area (Å²) in [5, 5.41) is 12.7. The lowest BCUT2D eigenvalue weighted by molar-refractivity contribution is 0.0643. The third-order valence-electron chi connectivity index (χ3n) is 2.54. The molecule has 1 rings (SSSR count). The molecule has 1 saturated heterocycles. The molecular weight excluding hydrogens is 198 g/mol. The molecule has 0 spiro atoms. The van der Waals surface area contributed by atoms with Crippen molar-refractivity contribution in [2.75, 3.05) is 32.6 Å². The monoisotopic (exact) mass is 219 g/mol. The fourth-order valence-corrected chi connectivity index (χ4v) is 3.01. The van der Waals surface area contributed by atoms with Crippen molar-refractivity contribution in [3.8, 4) is 0 Å². The summed E-state index contributed by atoms with van der Waals surface area (Å²) in [6, 6.07) is 0. The van der Waals surface area contributed by atoms with E-state index in [9.17, 15) is 5.11 Å². The molecule has 0 aromatic heterocycles. The predicted octanol–water partition coefficient (Wildman–Crippen LogP) is 0.869. The Hall–Kier alpha value is 0.230. The fraction of sp³-hybridized carbons (Fsp3) is 1.00. The third kappa shape index (κ3) is 4.17. The largest absolute Gasteiger partial charge is 0.389 e. The van der Waals surface area contributed by atoms with Crippen LogP contribution in [0.1, 0.15) is 19.8 Å². The Balaban J connectivity index is 2.08. The lowest BCUT2D eigenvalue weighted by atomic mass is 10.1. The minimum absolute atomic E-state index is 0.380. The minimum Gasteiger partial charge on any atom is -0.389 e. The van der Waals surface area contributed by atoms with Gasteiger partial charge in [-0.2, -0.15) is 11.8 Å². The molecule has 0 aromatic rings. The van der Waals surface area contributed by atoms with Crippen LogP contribution in [0.5, 0.6) is 0 Å². The zero-order valence-corrected chi connectivity index (χ0v) is 9.90. The summed E-state index contributed by atoms with van der Waals surface area (Å²) >= 11 is 2.03. The van der Waals surface area contributed by atoms with E-state index < -0.39 is 0 Å². The quantitative estimate of drug-likeness (QED) is 0.695. The zero-order valence-electron chi connectivity index (χ0n) is 9.08. The predicted molar refractivity (Wildman–Crippen MR) is 60.8 cm³/mol. The second-order valence-electron chi connectivity index (χ2n) is 4.14. The summed E-state index contributed by atoms with van der Waals surface area (Å²) in [7, 11) is 1.61. The van der Waals surface area contributed by atoms with Crippen molar-refractivity contribution in [3.05, 3.63) is 0 Å². The van der Waals surface area contributed by atoms with E-state index in [1.165, 1.54) is 18.6 Å². The number of aliphatic hydroxyl groups excluding tert-OH is 1. The molecule has 1 aliphatic rings. The summed E-state index contributed by atoms with van der Waals surface area (Å²) in [6.45, 7) is 4.32. The van der Waals surface area contributed by atoms with Crippen LogP contribution in [0.25, 0.3) is 0 Å². The number of aliphatic hydroxyl groups is 1. The molecule has 14 heavy (non-hydrogen) atoms. The first-order valence-electron chi connectivity index (χ1n) is 5.18. The first kappa shape index (κ1) is 12.3. The molecule has 3 nitrogen and oxygen atoms in total. The number of thioether (sulfide) groups is 1. The van der Waals surface area contributed by atoms with Crippen molar-refractivity contribution >= 4 is 11.8 Å². The van der Waals surface area contributed by atoms with Gasteiger partial charge in [0.15, 0.2) is 0 Å². The van der Waals surface area contributed by atoms with Crippen LogP contribution < -0.4 is 5.32 Å². The second kappa shape index (κ2) is 5.95. The fourth-order valence-electron chi connectivity index (χ4n) is 1.73. The Bertz CT molecular complexity index is 160. The molecule has 84 valence electrons. The summed E-state index contributed by atoms with van der Waals surface area (Å²) < 4.78 is 5.24. The molecule has 0 bridgehead atoms. The average Bonchev–Trinajstić information content (AvgIpc) is 2.53. The standard InChI is InChI=1S/C10H21NO2S/c1-10(4-3-5-14-10)8-11-6-9(12)7-13-2/h9,11-12H,3-8H2,1-2H3. The maximum absolute atomic E-state index is 9.41. The van der Waals surface area contributed by atoms with E-state index in [2.05, 4.69) is 12.2 Å². The van der Waals surface area contributed by atoms with Crippen molar-refractivity contribution in [2.24, 2.45) is 0 Å². The van der Waals surface area contributed by atoms with Gasteiger partial charge in [0.05, 0.1) is 12.7 Å². The van der Waals surface area contributed by atoms with Gasteiger partial charge in [0.1, 0.15) is 0 Å². The van der Waals surface area contributed by atoms with Gasteiger partial charge in [0.2, 0.25) is 0 Å². The smallest absolute Gasteiger partial charge is 0.0897 e. The number of nitrogens with one attached hydrogen (secondary N) is 1. The van der Waals surface area contributed by atoms with Crippen molar-refractivity contribution in [1.29, 1.82) is 0 Å². The van der Waals surface area contributed by atoms with Gasteiger partial charge in [0, 0.05) is 24.9 Å². The van der Waals surface area contributed by atoms with Gasteiger partial charge in [0.25, 0.3) is 0 Å². The van der Waals surface area contributed by atoms with Crippen molar-refractivity contribution in [1.82, 2.24) is 5.32 Å². The van der Waals surface area contributed by atoms with Crippen LogP contribution in [0.3, 0.4) is 0 Å². The summed E-state index contributed by atoms with van der Waals surface area (Å²) in [5.74, 6) is 1.28. The molecule has 2 unspecified atom stereocenters. The van der Waals surface area contributed by atoms with Crippen LogP contribution in [0.15, 0.2) is 0 Å². The average molecular weight is 219 g/mol. The maximum atomic E-state index is 9.41. The molecule has 4 heteroatoms. The highest BCUT2D eigenvalue weighted by molar-refractivity contribution is 8.00. The number of hydrogen-bond donors (Lipinski definition) is 2. The molecule has 0 radical (unpaired) electrons. The van der Waals surface area contributed by atoms with Gasteiger partial charge >= 0.3 is 0 Å². The van der Waals surface area contributed by atoms with E-state index in [1.54, 1.807) is 7.11 Å². The molecular formula is C10H21NO2S. The van der Waals surface area contributed by atoms with Crippen LogP contribution in [-0.4, -0.2) is 48.5 Å². The van der Waals surface area contributed by atoms with Crippen LogP contribution in [0, 0.1) is 0 Å². The number of methoxy groups -OCH3 is 1. The molecule has 0 aliphatic carbocycles. The van der Waals surface area contributed by atoms with Gasteiger partial charge in [-0.3, -0.25) is 0 Å². The van der Waals surface area contributed by atoms with Crippen molar-refractivity contribution < 1.29 is 9.84 Å². The molecule has 1 heterocycles. The summed E-state index contributed by atoms with van der Waals surface area (Å²) in [4.78, 5) is 0. The highest BCUT2D eigenvalue weighted by Crippen LogP contribution is 2.36. The van der Waals surface area contributed by atoms with Gasteiger partial charge < -0.3 is 15.2 Å². The highest BCUT2D eigenvalue weighted by Gasteiger charge is 2.28. The van der Waals surface area contributed by atoms with Gasteiger partial charge in [-0.25, -0.2) is 0 Å². The first-order chi connectivity index (χ1) is 6.66. The SMILES string of the molecule is COCC(O)CNCC1(C)CCCS1. The van der Waals surface area contributed by atoms with Crippen LogP contribution in [-0.2, 0) is 4.74 Å². The molecule has 0 saturated carbocycles. The van der Waals surface area contributed by atoms with Gasteiger partial charge in [-0.15, -0.1) is 0 Å². The van der Waals surface area contributed by atoms with E-state index in [0.717, 1.165) is 6.54 Å². The molecule has 0 aromatic carbocycles. The molecule has 2 atom stereocenters. The Morgan fingerprint density at radius 2 is 2.43 bits per heavy atom. The summed E-state index contributed by atoms with van der Waals surface area (Å²) in [5.41, 5.74) is 0. The summed E-state index contributed by atoms with van der Waals surface area (Å²) in [6.07, 6.45) is 2.23. The number of hydrogen-bond acceptors (Lipinski definition) is 4. The Morgan fingerprint density at radius 3 is 3.00 bits per heavy atom. The van der Waals surface area contributed by atoms with Crippen molar-refractivity contribution in [3.63, 3.8) is 0 Å². The van der Waals surface area contributed by atoms with Crippen LogP contribution >= 0.6 is 11.8 Å². The van der Waals surface area contributed by atoms with E-state index in [1.807, 2.05) is 11.8 Å². The van der Waals surface area contributed by atoms with Crippen molar-refractivity contribution in [2.45, 2.75) is 30.6 Å². The highest BCUT2D eigenvalue weighted by atomic mass is 32.2. The topological polar surface area (TPSA) is 41.5 Å². The van der Waals surface area contributed by atoms with E-state index in [0.29, 0.717) is 17.9 Å². The molecule has 2 N–H and O–H groups in total. The minimum atomic E-state index is -0.380. The molecule has 0 amide bonds. The van der Waals surface area contributed by atoms with E-state index in [4.69, 9.17) is 4.74 Å². The molecule has 1 aliphatic heterocycles. The zero-order chi connectivity index (χ0) is 10.4. The lowest BCUT2D eigenvalue weighted by Gasteiger charge is -2.23. The van der Waals surface area contributed by atoms with Gasteiger partial charge in [-0.05, 0) is 25.5 Å². The first-order valence-corrected chi connectivity index (χ1v) is 6.16. The van der Waals surface area contributed by atoms with Crippen LogP contribution in [0.2, 0.25) is 0 Å². The Kier molecular flexibility index (Phi) is 5.23. The van der Waals surface area contributed by atoms with Crippen LogP contribution in [0.4, 0.5) is 0 Å². The van der Waals surface area contributed by atoms with E-state index >= 15 is 0 Å². The second-order valence-corrected chi connectivity index (χ2v) is 5.82. The third-order valence-corrected chi connectivity index (χ3v) is 4.08.